The molecule has 82 valence electrons. The smallest absolute Gasteiger partial charge is 0.319 e. The fourth-order valence-corrected chi connectivity index (χ4v) is 1.63. The third-order valence-corrected chi connectivity index (χ3v) is 2.62. The van der Waals surface area contributed by atoms with Gasteiger partial charge in [-0.05, 0) is 13.3 Å². The van der Waals surface area contributed by atoms with Crippen molar-refractivity contribution >= 4 is 11.8 Å². The Labute approximate surface area is 88.6 Å². The van der Waals surface area contributed by atoms with E-state index >= 15 is 0 Å². The van der Waals surface area contributed by atoms with Crippen molar-refractivity contribution in [2.24, 2.45) is 5.41 Å². The minimum Gasteiger partial charge on any atom is -0.480 e. The van der Waals surface area contributed by atoms with Crippen molar-refractivity contribution in [3.05, 3.63) is 0 Å². The SMILES string of the molecule is CC#CCCC1(C(=O)O)COCCC1=O. The second-order valence-corrected chi connectivity index (χ2v) is 3.54. The lowest BCUT2D eigenvalue weighted by atomic mass is 9.77. The summed E-state index contributed by atoms with van der Waals surface area (Å²) < 4.78 is 5.10. The summed E-state index contributed by atoms with van der Waals surface area (Å²) in [6.07, 6.45) is 0.839. The molecule has 1 saturated heterocycles. The zero-order valence-corrected chi connectivity index (χ0v) is 8.71. The Kier molecular flexibility index (Phi) is 3.87. The van der Waals surface area contributed by atoms with Crippen molar-refractivity contribution in [1.82, 2.24) is 0 Å². The third-order valence-electron chi connectivity index (χ3n) is 2.62. The maximum atomic E-state index is 11.6. The Balaban J connectivity index is 2.79. The van der Waals surface area contributed by atoms with Crippen LogP contribution in [0, 0.1) is 17.3 Å². The molecule has 0 amide bonds. The minimum absolute atomic E-state index is 0.0213. The summed E-state index contributed by atoms with van der Waals surface area (Å²) >= 11 is 0. The molecule has 1 rings (SSSR count). The van der Waals surface area contributed by atoms with Gasteiger partial charge in [-0.3, -0.25) is 9.59 Å². The van der Waals surface area contributed by atoms with E-state index in [2.05, 4.69) is 11.8 Å². The molecule has 0 aromatic heterocycles. The van der Waals surface area contributed by atoms with Crippen LogP contribution in [-0.2, 0) is 14.3 Å². The molecular formula is C11H14O4. The highest BCUT2D eigenvalue weighted by atomic mass is 16.5. The summed E-state index contributed by atoms with van der Waals surface area (Å²) in [6.45, 7) is 1.99. The fraction of sp³-hybridized carbons (Fsp3) is 0.636. The lowest BCUT2D eigenvalue weighted by Gasteiger charge is -2.30. The second kappa shape index (κ2) is 4.94. The van der Waals surface area contributed by atoms with Crippen LogP contribution in [0.25, 0.3) is 0 Å². The number of ketones is 1. The molecule has 0 spiro atoms. The van der Waals surface area contributed by atoms with Gasteiger partial charge in [-0.25, -0.2) is 0 Å². The monoisotopic (exact) mass is 210 g/mol. The van der Waals surface area contributed by atoms with E-state index in [-0.39, 0.29) is 25.2 Å². The van der Waals surface area contributed by atoms with Gasteiger partial charge in [-0.1, -0.05) is 0 Å². The highest BCUT2D eigenvalue weighted by Gasteiger charge is 2.47. The summed E-state index contributed by atoms with van der Waals surface area (Å²) in [6, 6.07) is 0. The van der Waals surface area contributed by atoms with Gasteiger partial charge >= 0.3 is 5.97 Å². The first-order valence-corrected chi connectivity index (χ1v) is 4.87. The van der Waals surface area contributed by atoms with Crippen LogP contribution in [0.15, 0.2) is 0 Å². The number of hydrogen-bond donors (Lipinski definition) is 1. The summed E-state index contributed by atoms with van der Waals surface area (Å²) in [7, 11) is 0. The number of carboxylic acids is 1. The molecule has 1 unspecified atom stereocenters. The summed E-state index contributed by atoms with van der Waals surface area (Å²) in [5.41, 5.74) is -1.36. The first-order valence-electron chi connectivity index (χ1n) is 4.87. The number of Topliss-reactive ketones (excluding diaryl/α,β-unsaturated/α-hetero) is 1. The van der Waals surface area contributed by atoms with E-state index in [0.717, 1.165) is 0 Å². The number of carboxylic acid groups (broad SMARTS) is 1. The van der Waals surface area contributed by atoms with Crippen molar-refractivity contribution < 1.29 is 19.4 Å². The van der Waals surface area contributed by atoms with Crippen LogP contribution in [0.4, 0.5) is 0 Å². The van der Waals surface area contributed by atoms with Crippen LogP contribution in [0.2, 0.25) is 0 Å². The van der Waals surface area contributed by atoms with E-state index in [1.54, 1.807) is 6.92 Å². The Morgan fingerprint density at radius 1 is 1.67 bits per heavy atom. The van der Waals surface area contributed by atoms with E-state index in [4.69, 9.17) is 9.84 Å². The van der Waals surface area contributed by atoms with Gasteiger partial charge < -0.3 is 9.84 Å². The Morgan fingerprint density at radius 2 is 2.40 bits per heavy atom. The second-order valence-electron chi connectivity index (χ2n) is 3.54. The average Bonchev–Trinajstić information content (AvgIpc) is 2.21. The minimum atomic E-state index is -1.36. The molecule has 1 fully saturated rings. The molecule has 1 aliphatic heterocycles. The molecule has 0 saturated carbocycles. The number of carbonyl (C=O) groups excluding carboxylic acids is 1. The molecule has 0 aromatic carbocycles. The van der Waals surface area contributed by atoms with Gasteiger partial charge in [0.05, 0.1) is 13.2 Å². The predicted octanol–water partition coefficient (Wildman–Crippen LogP) is 0.850. The standard InChI is InChI=1S/C11H14O4/c1-2-3-4-6-11(10(13)14)8-15-7-5-9(11)12/h4-8H2,1H3,(H,13,14). The van der Waals surface area contributed by atoms with Gasteiger partial charge in [0.2, 0.25) is 0 Å². The number of rotatable bonds is 3. The van der Waals surface area contributed by atoms with E-state index in [9.17, 15) is 9.59 Å². The Morgan fingerprint density at radius 3 is 2.93 bits per heavy atom. The molecule has 0 aromatic rings. The van der Waals surface area contributed by atoms with E-state index in [0.29, 0.717) is 13.0 Å². The van der Waals surface area contributed by atoms with E-state index < -0.39 is 11.4 Å². The zero-order valence-electron chi connectivity index (χ0n) is 8.71. The van der Waals surface area contributed by atoms with Gasteiger partial charge in [-0.2, -0.15) is 0 Å². The van der Waals surface area contributed by atoms with Gasteiger partial charge in [0.25, 0.3) is 0 Å². The van der Waals surface area contributed by atoms with Crippen molar-refractivity contribution in [2.45, 2.75) is 26.2 Å². The van der Waals surface area contributed by atoms with Crippen LogP contribution >= 0.6 is 0 Å². The topological polar surface area (TPSA) is 63.6 Å². The molecule has 4 heteroatoms. The van der Waals surface area contributed by atoms with Crippen LogP contribution in [-0.4, -0.2) is 30.1 Å². The summed E-state index contributed by atoms with van der Waals surface area (Å²) in [5, 5.41) is 9.11. The lowest BCUT2D eigenvalue weighted by Crippen LogP contribution is -2.47. The largest absolute Gasteiger partial charge is 0.480 e. The Hall–Kier alpha value is -1.34. The maximum Gasteiger partial charge on any atom is 0.319 e. The highest BCUT2D eigenvalue weighted by Crippen LogP contribution is 2.30. The summed E-state index contributed by atoms with van der Waals surface area (Å²) in [4.78, 5) is 22.8. The van der Waals surface area contributed by atoms with Crippen LogP contribution < -0.4 is 0 Å². The number of aliphatic carboxylic acids is 1. The maximum absolute atomic E-state index is 11.6. The quantitative estimate of drug-likeness (QED) is 0.554. The third kappa shape index (κ3) is 2.37. The highest BCUT2D eigenvalue weighted by molar-refractivity contribution is 6.03. The molecule has 1 atom stereocenters. The molecule has 0 radical (unpaired) electrons. The van der Waals surface area contributed by atoms with Crippen LogP contribution in [0.5, 0.6) is 0 Å². The lowest BCUT2D eigenvalue weighted by molar-refractivity contribution is -0.164. The van der Waals surface area contributed by atoms with Crippen molar-refractivity contribution in [3.8, 4) is 11.8 Å². The number of carbonyl (C=O) groups is 2. The average molecular weight is 210 g/mol. The van der Waals surface area contributed by atoms with Crippen molar-refractivity contribution in [3.63, 3.8) is 0 Å². The molecule has 15 heavy (non-hydrogen) atoms. The summed E-state index contributed by atoms with van der Waals surface area (Å²) in [5.74, 6) is 4.13. The van der Waals surface area contributed by atoms with E-state index in [1.807, 2.05) is 0 Å². The normalized spacial score (nSPS) is 25.5. The zero-order chi connectivity index (χ0) is 11.3. The number of ether oxygens (including phenoxy) is 1. The molecule has 1 N–H and O–H groups in total. The van der Waals surface area contributed by atoms with E-state index in [1.165, 1.54) is 0 Å². The molecule has 0 aliphatic carbocycles. The van der Waals surface area contributed by atoms with Crippen LogP contribution in [0.1, 0.15) is 26.2 Å². The van der Waals surface area contributed by atoms with Crippen molar-refractivity contribution in [2.75, 3.05) is 13.2 Å². The molecule has 4 nitrogen and oxygen atoms in total. The van der Waals surface area contributed by atoms with Gasteiger partial charge in [0.15, 0.2) is 5.78 Å². The van der Waals surface area contributed by atoms with Gasteiger partial charge in [0.1, 0.15) is 5.41 Å². The molecule has 1 heterocycles. The predicted molar refractivity (Wildman–Crippen MR) is 53.2 cm³/mol. The number of hydrogen-bond acceptors (Lipinski definition) is 3. The van der Waals surface area contributed by atoms with Crippen molar-refractivity contribution in [1.29, 1.82) is 0 Å². The van der Waals surface area contributed by atoms with Crippen LogP contribution in [0.3, 0.4) is 0 Å². The fourth-order valence-electron chi connectivity index (χ4n) is 1.63. The molecule has 0 bridgehead atoms. The van der Waals surface area contributed by atoms with Gasteiger partial charge in [-0.15, -0.1) is 11.8 Å². The van der Waals surface area contributed by atoms with Gasteiger partial charge in [0, 0.05) is 12.8 Å². The Bertz CT molecular complexity index is 323. The first-order chi connectivity index (χ1) is 7.13. The molecular weight excluding hydrogens is 196 g/mol. The molecule has 1 aliphatic rings. The first kappa shape index (κ1) is 11.7.